The van der Waals surface area contributed by atoms with Crippen molar-refractivity contribution < 1.29 is 28.0 Å². The first kappa shape index (κ1) is 17.6. The maximum atomic E-state index is 12.0. The highest BCUT2D eigenvalue weighted by atomic mass is 16.5. The van der Waals surface area contributed by atoms with Crippen LogP contribution in [0.2, 0.25) is 0 Å². The minimum atomic E-state index is -0.915. The number of esters is 1. The number of ether oxygens (including phenoxy) is 1. The van der Waals surface area contributed by atoms with Crippen molar-refractivity contribution in [2.45, 2.75) is 38.8 Å². The van der Waals surface area contributed by atoms with Gasteiger partial charge in [0.05, 0.1) is 6.26 Å². The maximum Gasteiger partial charge on any atom is 0.325 e. The summed E-state index contributed by atoms with van der Waals surface area (Å²) in [5, 5.41) is 10.1. The summed E-state index contributed by atoms with van der Waals surface area (Å²) in [5.74, 6) is -0.0457. The molecule has 3 rings (SSSR count). The molecule has 0 aromatic carbocycles. The first-order valence-electron chi connectivity index (χ1n) is 8.03. The first-order valence-corrected chi connectivity index (χ1v) is 8.03. The van der Waals surface area contributed by atoms with Crippen molar-refractivity contribution in [3.05, 3.63) is 24.3 Å². The van der Waals surface area contributed by atoms with Gasteiger partial charge in [-0.05, 0) is 32.4 Å². The Morgan fingerprint density at radius 3 is 2.81 bits per heavy atom. The lowest BCUT2D eigenvalue weighted by molar-refractivity contribution is -0.146. The number of nitrogens with zero attached hydrogens (tertiary/aromatic N) is 3. The van der Waals surface area contributed by atoms with E-state index in [2.05, 4.69) is 15.5 Å². The highest BCUT2D eigenvalue weighted by Crippen LogP contribution is 2.19. The molecule has 0 atom stereocenters. The minimum Gasteiger partial charge on any atom is -0.459 e. The third-order valence-corrected chi connectivity index (χ3v) is 3.76. The molecule has 1 N–H and O–H groups in total. The summed E-state index contributed by atoms with van der Waals surface area (Å²) in [6, 6.07) is 2.90. The summed E-state index contributed by atoms with van der Waals surface area (Å²) in [6.45, 7) is 3.24. The molecule has 3 amide bonds. The summed E-state index contributed by atoms with van der Waals surface area (Å²) in [4.78, 5) is 36.6. The van der Waals surface area contributed by atoms with Gasteiger partial charge in [-0.15, -0.1) is 10.2 Å². The molecule has 0 spiro atoms. The van der Waals surface area contributed by atoms with Crippen LogP contribution in [0.15, 0.2) is 27.2 Å². The van der Waals surface area contributed by atoms with Gasteiger partial charge in [-0.3, -0.25) is 14.5 Å². The Bertz CT molecular complexity index is 811. The molecule has 0 radical (unpaired) electrons. The summed E-state index contributed by atoms with van der Waals surface area (Å²) in [6.07, 6.45) is 1.83. The Labute approximate surface area is 148 Å². The third kappa shape index (κ3) is 3.73. The Balaban J connectivity index is 1.41. The zero-order valence-electron chi connectivity index (χ0n) is 14.4. The summed E-state index contributed by atoms with van der Waals surface area (Å²) < 4.78 is 15.5. The number of imide groups is 1. The molecule has 1 saturated heterocycles. The normalized spacial score (nSPS) is 16.0. The zero-order chi connectivity index (χ0) is 18.7. The average Bonchev–Trinajstić information content (AvgIpc) is 3.29. The molecular formula is C16H18N4O6. The fraction of sp³-hybridized carbons (Fsp3) is 0.438. The molecule has 2 aromatic rings. The Morgan fingerprint density at radius 1 is 1.35 bits per heavy atom. The van der Waals surface area contributed by atoms with Gasteiger partial charge >= 0.3 is 12.0 Å². The molecule has 138 valence electrons. The molecule has 2 aromatic heterocycles. The van der Waals surface area contributed by atoms with Crippen LogP contribution in [0.3, 0.4) is 0 Å². The van der Waals surface area contributed by atoms with E-state index in [-0.39, 0.29) is 37.3 Å². The van der Waals surface area contributed by atoms with Crippen LogP contribution in [-0.4, -0.2) is 45.1 Å². The van der Waals surface area contributed by atoms with Gasteiger partial charge in [0.15, 0.2) is 12.4 Å². The van der Waals surface area contributed by atoms with E-state index in [1.165, 1.54) is 6.26 Å². The summed E-state index contributed by atoms with van der Waals surface area (Å²) in [7, 11) is 0. The number of urea groups is 1. The van der Waals surface area contributed by atoms with Crippen molar-refractivity contribution in [2.24, 2.45) is 0 Å². The number of nitrogens with one attached hydrogen (secondary N) is 1. The van der Waals surface area contributed by atoms with Gasteiger partial charge in [-0.25, -0.2) is 4.79 Å². The zero-order valence-corrected chi connectivity index (χ0v) is 14.4. The number of carbonyl (C=O) groups excluding carboxylic acids is 3. The van der Waals surface area contributed by atoms with Crippen LogP contribution in [0.1, 0.15) is 32.6 Å². The lowest BCUT2D eigenvalue weighted by Crippen LogP contribution is -2.40. The number of hydrogen-bond donors (Lipinski definition) is 1. The average molecular weight is 362 g/mol. The standard InChI is InChI=1S/C16H18N4O6/c1-16(2)14(22)20(15(23)17-16)7-3-6-12(21)25-9-11-18-19-13(26-11)10-5-4-8-24-10/h4-5,8H,3,6-7,9H2,1-2H3,(H,17,23). The SMILES string of the molecule is CC1(C)NC(=O)N(CCCC(=O)OCc2nnc(-c3ccco3)o2)C1=O. The van der Waals surface area contributed by atoms with Crippen molar-refractivity contribution in [1.82, 2.24) is 20.4 Å². The van der Waals surface area contributed by atoms with Gasteiger partial charge in [0.2, 0.25) is 0 Å². The van der Waals surface area contributed by atoms with Gasteiger partial charge in [-0.1, -0.05) is 0 Å². The monoisotopic (exact) mass is 362 g/mol. The molecule has 10 nitrogen and oxygen atoms in total. The molecule has 3 heterocycles. The molecule has 0 bridgehead atoms. The van der Waals surface area contributed by atoms with Gasteiger partial charge in [0.1, 0.15) is 5.54 Å². The van der Waals surface area contributed by atoms with E-state index in [1.807, 2.05) is 0 Å². The Morgan fingerprint density at radius 2 is 2.15 bits per heavy atom. The second-order valence-corrected chi connectivity index (χ2v) is 6.25. The quantitative estimate of drug-likeness (QED) is 0.579. The van der Waals surface area contributed by atoms with Crippen LogP contribution in [0, 0.1) is 0 Å². The molecule has 0 unspecified atom stereocenters. The molecule has 0 saturated carbocycles. The number of furan rings is 1. The van der Waals surface area contributed by atoms with Crippen molar-refractivity contribution in [3.8, 4) is 11.7 Å². The summed E-state index contributed by atoms with van der Waals surface area (Å²) >= 11 is 0. The van der Waals surface area contributed by atoms with E-state index in [0.29, 0.717) is 12.2 Å². The van der Waals surface area contributed by atoms with Crippen molar-refractivity contribution >= 4 is 17.9 Å². The summed E-state index contributed by atoms with van der Waals surface area (Å²) in [5.41, 5.74) is -0.915. The minimum absolute atomic E-state index is 0.0522. The predicted octanol–water partition coefficient (Wildman–Crippen LogP) is 1.48. The Hall–Kier alpha value is -3.17. The molecule has 26 heavy (non-hydrogen) atoms. The van der Waals surface area contributed by atoms with E-state index in [0.717, 1.165) is 4.90 Å². The molecule has 1 aliphatic rings. The van der Waals surface area contributed by atoms with Crippen LogP contribution in [0.4, 0.5) is 4.79 Å². The number of carbonyl (C=O) groups is 3. The largest absolute Gasteiger partial charge is 0.459 e. The Kier molecular flexibility index (Phi) is 4.74. The number of hydrogen-bond acceptors (Lipinski definition) is 8. The fourth-order valence-corrected chi connectivity index (χ4v) is 2.43. The van der Waals surface area contributed by atoms with Crippen LogP contribution in [0.25, 0.3) is 11.7 Å². The van der Waals surface area contributed by atoms with Crippen LogP contribution in [0.5, 0.6) is 0 Å². The van der Waals surface area contributed by atoms with Gasteiger partial charge in [0.25, 0.3) is 17.7 Å². The van der Waals surface area contributed by atoms with Gasteiger partial charge in [0, 0.05) is 13.0 Å². The molecule has 1 fully saturated rings. The smallest absolute Gasteiger partial charge is 0.325 e. The van der Waals surface area contributed by atoms with Gasteiger partial charge < -0.3 is 18.9 Å². The lowest BCUT2D eigenvalue weighted by atomic mass is 10.1. The number of aromatic nitrogens is 2. The first-order chi connectivity index (χ1) is 12.4. The van der Waals surface area contributed by atoms with Crippen molar-refractivity contribution in [2.75, 3.05) is 6.54 Å². The highest BCUT2D eigenvalue weighted by molar-refractivity contribution is 6.06. The van der Waals surface area contributed by atoms with E-state index in [1.54, 1.807) is 26.0 Å². The lowest BCUT2D eigenvalue weighted by Gasteiger charge is -2.15. The van der Waals surface area contributed by atoms with E-state index in [4.69, 9.17) is 13.6 Å². The number of rotatable bonds is 7. The predicted molar refractivity (Wildman–Crippen MR) is 85.4 cm³/mol. The number of amides is 3. The van der Waals surface area contributed by atoms with E-state index >= 15 is 0 Å². The van der Waals surface area contributed by atoms with Gasteiger partial charge in [-0.2, -0.15) is 0 Å². The third-order valence-electron chi connectivity index (χ3n) is 3.76. The molecule has 0 aliphatic carbocycles. The van der Waals surface area contributed by atoms with Crippen LogP contribution < -0.4 is 5.32 Å². The molecule has 1 aliphatic heterocycles. The van der Waals surface area contributed by atoms with Crippen molar-refractivity contribution in [3.63, 3.8) is 0 Å². The highest BCUT2D eigenvalue weighted by Gasteiger charge is 2.43. The maximum absolute atomic E-state index is 12.0. The van der Waals surface area contributed by atoms with E-state index < -0.39 is 17.5 Å². The topological polar surface area (TPSA) is 128 Å². The molecular weight excluding hydrogens is 344 g/mol. The fourth-order valence-electron chi connectivity index (χ4n) is 2.43. The van der Waals surface area contributed by atoms with Crippen molar-refractivity contribution in [1.29, 1.82) is 0 Å². The van der Waals surface area contributed by atoms with E-state index in [9.17, 15) is 14.4 Å². The second kappa shape index (κ2) is 6.98. The molecule has 10 heteroatoms. The second-order valence-electron chi connectivity index (χ2n) is 6.25. The van der Waals surface area contributed by atoms with Crippen LogP contribution in [-0.2, 0) is 20.9 Å². The van der Waals surface area contributed by atoms with Crippen LogP contribution >= 0.6 is 0 Å².